The van der Waals surface area contributed by atoms with Crippen LogP contribution in [0.1, 0.15) is 24.0 Å². The number of likely N-dealkylation sites (tertiary alicyclic amines) is 1. The minimum atomic E-state index is -0.316. The molecule has 1 aliphatic rings. The Morgan fingerprint density at radius 1 is 1.00 bits per heavy atom. The number of likely N-dealkylation sites (N-methyl/N-ethyl adjacent to an activating group) is 2. The summed E-state index contributed by atoms with van der Waals surface area (Å²) < 4.78 is 13.4. The van der Waals surface area contributed by atoms with Crippen molar-refractivity contribution in [3.63, 3.8) is 0 Å². The fourth-order valence-electron chi connectivity index (χ4n) is 4.51. The number of carbonyl (C=O) groups is 2. The first-order valence-corrected chi connectivity index (χ1v) is 11.3. The summed E-state index contributed by atoms with van der Waals surface area (Å²) in [6.45, 7) is 1.71. The van der Waals surface area contributed by atoms with Gasteiger partial charge in [-0.15, -0.1) is 0 Å². The van der Waals surface area contributed by atoms with Gasteiger partial charge in [-0.05, 0) is 62.5 Å². The van der Waals surface area contributed by atoms with Crippen LogP contribution < -0.4 is 0 Å². The lowest BCUT2D eigenvalue weighted by atomic mass is 9.84. The fraction of sp³-hybridized carbons (Fsp3) is 0.462. The second-order valence-electron chi connectivity index (χ2n) is 9.02. The van der Waals surface area contributed by atoms with Crippen LogP contribution in [-0.4, -0.2) is 73.3 Å². The highest BCUT2D eigenvalue weighted by Crippen LogP contribution is 2.27. The first-order valence-electron chi connectivity index (χ1n) is 11.3. The summed E-state index contributed by atoms with van der Waals surface area (Å²) in [7, 11) is 5.71. The van der Waals surface area contributed by atoms with Gasteiger partial charge in [-0.2, -0.15) is 0 Å². The molecule has 1 unspecified atom stereocenters. The molecule has 1 saturated heterocycles. The average Bonchev–Trinajstić information content (AvgIpc) is 2.77. The molecule has 1 atom stereocenters. The minimum absolute atomic E-state index is 0.0331. The Labute approximate surface area is 190 Å². The predicted octanol–water partition coefficient (Wildman–Crippen LogP) is 3.24. The molecule has 1 heterocycles. The summed E-state index contributed by atoms with van der Waals surface area (Å²) >= 11 is 0. The summed E-state index contributed by atoms with van der Waals surface area (Å²) in [5.74, 6) is 0.152. The number of hydrogen-bond acceptors (Lipinski definition) is 3. The standard InChI is InChI=1S/C26H34FN3O2/c1-28(2)19-26(32)29(3)24(17-20-8-5-4-6-9-20)22-12-14-30(15-13-22)25(31)18-21-10-7-11-23(27)16-21/h4-11,16,22,24H,12-15,17-19H2,1-3H3. The topological polar surface area (TPSA) is 43.9 Å². The van der Waals surface area contributed by atoms with E-state index in [0.717, 1.165) is 19.3 Å². The fourth-order valence-corrected chi connectivity index (χ4v) is 4.51. The van der Waals surface area contributed by atoms with E-state index in [0.29, 0.717) is 31.1 Å². The van der Waals surface area contributed by atoms with Crippen molar-refractivity contribution in [1.29, 1.82) is 0 Å². The van der Waals surface area contributed by atoms with Crippen molar-refractivity contribution in [2.24, 2.45) is 5.92 Å². The van der Waals surface area contributed by atoms with Crippen LogP contribution in [0.4, 0.5) is 4.39 Å². The molecular weight excluding hydrogens is 405 g/mol. The monoisotopic (exact) mass is 439 g/mol. The number of benzene rings is 2. The third-order valence-electron chi connectivity index (χ3n) is 6.31. The summed E-state index contributed by atoms with van der Waals surface area (Å²) in [4.78, 5) is 31.2. The molecular formula is C26H34FN3O2. The van der Waals surface area contributed by atoms with E-state index < -0.39 is 0 Å². The number of hydrogen-bond donors (Lipinski definition) is 0. The van der Waals surface area contributed by atoms with Gasteiger partial charge in [0.25, 0.3) is 0 Å². The van der Waals surface area contributed by atoms with E-state index in [-0.39, 0.29) is 30.1 Å². The first kappa shape index (κ1) is 23.9. The van der Waals surface area contributed by atoms with E-state index in [1.54, 1.807) is 12.1 Å². The van der Waals surface area contributed by atoms with Crippen LogP contribution in [0.3, 0.4) is 0 Å². The highest BCUT2D eigenvalue weighted by molar-refractivity contribution is 5.79. The van der Waals surface area contributed by atoms with Gasteiger partial charge in [-0.25, -0.2) is 4.39 Å². The maximum atomic E-state index is 13.4. The smallest absolute Gasteiger partial charge is 0.236 e. The molecule has 1 aliphatic heterocycles. The van der Waals surface area contributed by atoms with E-state index in [9.17, 15) is 14.0 Å². The van der Waals surface area contributed by atoms with Gasteiger partial charge >= 0.3 is 0 Å². The van der Waals surface area contributed by atoms with E-state index >= 15 is 0 Å². The van der Waals surface area contributed by atoms with Gasteiger partial charge in [0.1, 0.15) is 5.82 Å². The Morgan fingerprint density at radius 3 is 2.28 bits per heavy atom. The second-order valence-corrected chi connectivity index (χ2v) is 9.02. The molecule has 6 heteroatoms. The lowest BCUT2D eigenvalue weighted by molar-refractivity contribution is -0.136. The van der Waals surface area contributed by atoms with E-state index in [1.165, 1.54) is 17.7 Å². The molecule has 0 spiro atoms. The van der Waals surface area contributed by atoms with E-state index in [4.69, 9.17) is 0 Å². The molecule has 0 bridgehead atoms. The van der Waals surface area contributed by atoms with Crippen molar-refractivity contribution < 1.29 is 14.0 Å². The normalized spacial score (nSPS) is 15.6. The lowest BCUT2D eigenvalue weighted by Crippen LogP contribution is -2.50. The Morgan fingerprint density at radius 2 is 1.66 bits per heavy atom. The van der Waals surface area contributed by atoms with Crippen molar-refractivity contribution in [3.05, 3.63) is 71.5 Å². The largest absolute Gasteiger partial charge is 0.342 e. The Kier molecular flexibility index (Phi) is 8.39. The van der Waals surface area contributed by atoms with Crippen LogP contribution >= 0.6 is 0 Å². The van der Waals surface area contributed by atoms with E-state index in [1.807, 2.05) is 54.0 Å². The van der Waals surface area contributed by atoms with Gasteiger partial charge in [0.05, 0.1) is 13.0 Å². The number of carbonyl (C=O) groups excluding carboxylic acids is 2. The zero-order valence-electron chi connectivity index (χ0n) is 19.3. The van der Waals surface area contributed by atoms with Crippen LogP contribution in [0.25, 0.3) is 0 Å². The van der Waals surface area contributed by atoms with Gasteiger partial charge in [0.15, 0.2) is 0 Å². The summed E-state index contributed by atoms with van der Waals surface area (Å²) in [6, 6.07) is 16.6. The molecule has 0 saturated carbocycles. The Bertz CT molecular complexity index is 895. The molecule has 2 amide bonds. The van der Waals surface area contributed by atoms with Crippen molar-refractivity contribution in [2.45, 2.75) is 31.7 Å². The molecule has 172 valence electrons. The predicted molar refractivity (Wildman–Crippen MR) is 125 cm³/mol. The number of rotatable bonds is 8. The average molecular weight is 440 g/mol. The van der Waals surface area contributed by atoms with Crippen LogP contribution in [-0.2, 0) is 22.4 Å². The number of halogens is 1. The Balaban J connectivity index is 1.64. The zero-order valence-corrected chi connectivity index (χ0v) is 19.3. The molecule has 0 aromatic heterocycles. The molecule has 5 nitrogen and oxygen atoms in total. The maximum absolute atomic E-state index is 13.4. The molecule has 2 aromatic rings. The van der Waals surface area contributed by atoms with Crippen molar-refractivity contribution in [1.82, 2.24) is 14.7 Å². The van der Waals surface area contributed by atoms with Gasteiger partial charge in [0.2, 0.25) is 11.8 Å². The van der Waals surface area contributed by atoms with Crippen molar-refractivity contribution in [3.8, 4) is 0 Å². The molecule has 2 aromatic carbocycles. The van der Waals surface area contributed by atoms with E-state index in [2.05, 4.69) is 12.1 Å². The number of amides is 2. The Hall–Kier alpha value is -2.73. The highest BCUT2D eigenvalue weighted by atomic mass is 19.1. The molecule has 0 aliphatic carbocycles. The minimum Gasteiger partial charge on any atom is -0.342 e. The second kappa shape index (κ2) is 11.2. The molecule has 1 fully saturated rings. The van der Waals surface area contributed by atoms with Gasteiger partial charge in [0, 0.05) is 26.2 Å². The molecule has 32 heavy (non-hydrogen) atoms. The highest BCUT2D eigenvalue weighted by Gasteiger charge is 2.32. The van der Waals surface area contributed by atoms with Gasteiger partial charge < -0.3 is 14.7 Å². The summed E-state index contributed by atoms with van der Waals surface area (Å²) in [6.07, 6.45) is 2.73. The first-order chi connectivity index (χ1) is 15.3. The summed E-state index contributed by atoms with van der Waals surface area (Å²) in [5.41, 5.74) is 1.92. The van der Waals surface area contributed by atoms with Crippen LogP contribution in [0.5, 0.6) is 0 Å². The quantitative estimate of drug-likeness (QED) is 0.634. The van der Waals surface area contributed by atoms with Crippen LogP contribution in [0.15, 0.2) is 54.6 Å². The van der Waals surface area contributed by atoms with Crippen LogP contribution in [0, 0.1) is 11.7 Å². The van der Waals surface area contributed by atoms with Crippen LogP contribution in [0.2, 0.25) is 0 Å². The number of nitrogens with zero attached hydrogens (tertiary/aromatic N) is 3. The van der Waals surface area contributed by atoms with Crippen molar-refractivity contribution in [2.75, 3.05) is 40.8 Å². The molecule has 3 rings (SSSR count). The SMILES string of the molecule is CN(C)CC(=O)N(C)C(Cc1ccccc1)C1CCN(C(=O)Cc2cccc(F)c2)CC1. The van der Waals surface area contributed by atoms with Gasteiger partial charge in [-0.3, -0.25) is 9.59 Å². The molecule has 0 radical (unpaired) electrons. The molecule has 0 N–H and O–H groups in total. The maximum Gasteiger partial charge on any atom is 0.236 e. The van der Waals surface area contributed by atoms with Crippen molar-refractivity contribution >= 4 is 11.8 Å². The third kappa shape index (κ3) is 6.63. The van der Waals surface area contributed by atoms with Gasteiger partial charge in [-0.1, -0.05) is 42.5 Å². The number of piperidine rings is 1. The zero-order chi connectivity index (χ0) is 23.1. The third-order valence-corrected chi connectivity index (χ3v) is 6.31. The summed E-state index contributed by atoms with van der Waals surface area (Å²) in [5, 5.41) is 0. The lowest BCUT2D eigenvalue weighted by Gasteiger charge is -2.40.